The van der Waals surface area contributed by atoms with E-state index in [9.17, 15) is 9.59 Å². The lowest BCUT2D eigenvalue weighted by atomic mass is 10.0. The van der Waals surface area contributed by atoms with E-state index in [-0.39, 0.29) is 11.8 Å². The number of benzene rings is 2. The molecule has 7 nitrogen and oxygen atoms in total. The summed E-state index contributed by atoms with van der Waals surface area (Å²) in [4.78, 5) is 27.9. The summed E-state index contributed by atoms with van der Waals surface area (Å²) >= 11 is 6.12. The number of anilines is 1. The molecule has 0 saturated carbocycles. The van der Waals surface area contributed by atoms with E-state index in [2.05, 4.69) is 15.6 Å². The smallest absolute Gasteiger partial charge is 0.247 e. The number of amides is 2. The fraction of sp³-hybridized carbons (Fsp3) is 0.238. The molecule has 3 rings (SSSR count). The Morgan fingerprint density at radius 3 is 2.55 bits per heavy atom. The van der Waals surface area contributed by atoms with E-state index in [4.69, 9.17) is 21.1 Å². The first-order valence-electron chi connectivity index (χ1n) is 8.97. The number of aromatic nitrogens is 1. The SMILES string of the molecule is COc1cc(NC(=O)C(Cc2c[nH]c3ccccc23)NC(C)=O)c(OC)cc1Cl. The molecule has 0 fully saturated rings. The average Bonchev–Trinajstić information content (AvgIpc) is 3.11. The average molecular weight is 416 g/mol. The lowest BCUT2D eigenvalue weighted by molar-refractivity contribution is -0.125. The van der Waals surface area contributed by atoms with E-state index in [1.165, 1.54) is 21.1 Å². The highest BCUT2D eigenvalue weighted by atomic mass is 35.5. The normalized spacial score (nSPS) is 11.7. The number of ether oxygens (including phenoxy) is 2. The molecule has 0 spiro atoms. The van der Waals surface area contributed by atoms with Gasteiger partial charge in [0.25, 0.3) is 0 Å². The third-order valence-electron chi connectivity index (χ3n) is 4.52. The summed E-state index contributed by atoms with van der Waals surface area (Å²) in [5.41, 5.74) is 2.29. The molecule has 0 aliphatic rings. The third-order valence-corrected chi connectivity index (χ3v) is 4.82. The van der Waals surface area contributed by atoms with Gasteiger partial charge in [0, 0.05) is 42.6 Å². The molecule has 0 bridgehead atoms. The van der Waals surface area contributed by atoms with E-state index < -0.39 is 6.04 Å². The Morgan fingerprint density at radius 1 is 1.14 bits per heavy atom. The first-order valence-corrected chi connectivity index (χ1v) is 9.35. The summed E-state index contributed by atoms with van der Waals surface area (Å²) < 4.78 is 10.5. The van der Waals surface area contributed by atoms with Gasteiger partial charge < -0.3 is 25.1 Å². The van der Waals surface area contributed by atoms with Crippen molar-refractivity contribution in [1.29, 1.82) is 0 Å². The van der Waals surface area contributed by atoms with Crippen molar-refractivity contribution in [2.75, 3.05) is 19.5 Å². The second-order valence-corrected chi connectivity index (χ2v) is 6.90. The molecule has 2 amide bonds. The van der Waals surface area contributed by atoms with Crippen LogP contribution in [0.1, 0.15) is 12.5 Å². The number of rotatable bonds is 7. The molecule has 0 aliphatic heterocycles. The van der Waals surface area contributed by atoms with Gasteiger partial charge in [0.05, 0.1) is 24.9 Å². The van der Waals surface area contributed by atoms with Crippen LogP contribution in [0.25, 0.3) is 10.9 Å². The molecule has 1 atom stereocenters. The van der Waals surface area contributed by atoms with E-state index in [1.54, 1.807) is 12.1 Å². The quantitative estimate of drug-likeness (QED) is 0.550. The molecule has 3 N–H and O–H groups in total. The minimum absolute atomic E-state index is 0.300. The molecule has 3 aromatic rings. The number of H-pyrrole nitrogens is 1. The van der Waals surface area contributed by atoms with Gasteiger partial charge in [-0.3, -0.25) is 9.59 Å². The summed E-state index contributed by atoms with van der Waals surface area (Å²) in [6, 6.07) is 10.1. The maximum atomic E-state index is 13.0. The van der Waals surface area contributed by atoms with Gasteiger partial charge in [0.15, 0.2) is 0 Å². The van der Waals surface area contributed by atoms with Crippen LogP contribution in [0.4, 0.5) is 5.69 Å². The number of fused-ring (bicyclic) bond motifs is 1. The minimum Gasteiger partial charge on any atom is -0.495 e. The highest BCUT2D eigenvalue weighted by molar-refractivity contribution is 6.32. The van der Waals surface area contributed by atoms with E-state index in [1.807, 2.05) is 30.5 Å². The van der Waals surface area contributed by atoms with Crippen LogP contribution >= 0.6 is 11.6 Å². The molecule has 0 aliphatic carbocycles. The second kappa shape index (κ2) is 8.87. The zero-order valence-corrected chi connectivity index (χ0v) is 17.1. The number of aromatic amines is 1. The van der Waals surface area contributed by atoms with Gasteiger partial charge in [0.2, 0.25) is 11.8 Å². The zero-order valence-electron chi connectivity index (χ0n) is 16.3. The van der Waals surface area contributed by atoms with Crippen molar-refractivity contribution in [3.63, 3.8) is 0 Å². The largest absolute Gasteiger partial charge is 0.495 e. The first kappa shape index (κ1) is 20.5. The summed E-state index contributed by atoms with van der Waals surface area (Å²) in [7, 11) is 2.96. The molecular weight excluding hydrogens is 394 g/mol. The van der Waals surface area contributed by atoms with Crippen molar-refractivity contribution in [2.45, 2.75) is 19.4 Å². The molecule has 1 heterocycles. The van der Waals surface area contributed by atoms with E-state index in [0.29, 0.717) is 28.6 Å². The summed E-state index contributed by atoms with van der Waals surface area (Å²) in [6.45, 7) is 1.38. The van der Waals surface area contributed by atoms with Crippen LogP contribution in [0.15, 0.2) is 42.6 Å². The van der Waals surface area contributed by atoms with Gasteiger partial charge >= 0.3 is 0 Å². The van der Waals surface area contributed by atoms with Gasteiger partial charge in [0.1, 0.15) is 17.5 Å². The zero-order chi connectivity index (χ0) is 21.0. The van der Waals surface area contributed by atoms with Crippen LogP contribution in [-0.4, -0.2) is 37.1 Å². The van der Waals surface area contributed by atoms with Crippen molar-refractivity contribution in [3.05, 3.63) is 53.2 Å². The molecular formula is C21H22ClN3O4. The number of carbonyl (C=O) groups is 2. The van der Waals surface area contributed by atoms with Crippen LogP contribution in [0.2, 0.25) is 5.02 Å². The number of nitrogens with one attached hydrogen (secondary N) is 3. The number of hydrogen-bond donors (Lipinski definition) is 3. The fourth-order valence-corrected chi connectivity index (χ4v) is 3.38. The monoisotopic (exact) mass is 415 g/mol. The minimum atomic E-state index is -0.780. The second-order valence-electron chi connectivity index (χ2n) is 6.49. The first-order chi connectivity index (χ1) is 13.9. The Morgan fingerprint density at radius 2 is 1.86 bits per heavy atom. The Balaban J connectivity index is 1.87. The lowest BCUT2D eigenvalue weighted by Gasteiger charge is -2.19. The molecule has 2 aromatic carbocycles. The summed E-state index contributed by atoms with van der Waals surface area (Å²) in [6.07, 6.45) is 2.17. The van der Waals surface area contributed by atoms with Crippen LogP contribution < -0.4 is 20.1 Å². The van der Waals surface area contributed by atoms with E-state index >= 15 is 0 Å². The van der Waals surface area contributed by atoms with Crippen molar-refractivity contribution < 1.29 is 19.1 Å². The summed E-state index contributed by atoms with van der Waals surface area (Å²) in [5.74, 6) is 0.104. The van der Waals surface area contributed by atoms with Gasteiger partial charge in [-0.25, -0.2) is 0 Å². The molecule has 1 unspecified atom stereocenters. The van der Waals surface area contributed by atoms with Crippen molar-refractivity contribution in [1.82, 2.24) is 10.3 Å². The van der Waals surface area contributed by atoms with Gasteiger partial charge in [-0.05, 0) is 11.6 Å². The van der Waals surface area contributed by atoms with Crippen molar-refractivity contribution in [3.8, 4) is 11.5 Å². The maximum absolute atomic E-state index is 13.0. The molecule has 152 valence electrons. The number of carbonyl (C=O) groups excluding carboxylic acids is 2. The Labute approximate surface area is 173 Å². The van der Waals surface area contributed by atoms with Crippen LogP contribution in [0, 0.1) is 0 Å². The molecule has 0 radical (unpaired) electrons. The topological polar surface area (TPSA) is 92.5 Å². The van der Waals surface area contributed by atoms with Gasteiger partial charge in [-0.15, -0.1) is 0 Å². The molecule has 29 heavy (non-hydrogen) atoms. The Kier molecular flexibility index (Phi) is 6.29. The Hall–Kier alpha value is -3.19. The van der Waals surface area contributed by atoms with Crippen LogP contribution in [-0.2, 0) is 16.0 Å². The van der Waals surface area contributed by atoms with Crippen molar-refractivity contribution >= 4 is 40.0 Å². The standard InChI is InChI=1S/C21H22ClN3O4/c1-12(26)24-18(8-13-11-23-16-7-5-4-6-14(13)16)21(27)25-17-10-19(28-2)15(22)9-20(17)29-3/h4-7,9-11,18,23H,8H2,1-3H3,(H,24,26)(H,25,27). The fourth-order valence-electron chi connectivity index (χ4n) is 3.15. The predicted molar refractivity (Wildman–Crippen MR) is 113 cm³/mol. The predicted octanol–water partition coefficient (Wildman–Crippen LogP) is 3.52. The molecule has 8 heteroatoms. The molecule has 0 saturated heterocycles. The maximum Gasteiger partial charge on any atom is 0.247 e. The molecule has 1 aromatic heterocycles. The third kappa shape index (κ3) is 4.63. The lowest BCUT2D eigenvalue weighted by Crippen LogP contribution is -2.44. The van der Waals surface area contributed by atoms with Gasteiger partial charge in [-0.2, -0.15) is 0 Å². The van der Waals surface area contributed by atoms with Crippen LogP contribution in [0.3, 0.4) is 0 Å². The number of methoxy groups -OCH3 is 2. The number of halogens is 1. The van der Waals surface area contributed by atoms with E-state index in [0.717, 1.165) is 16.5 Å². The number of hydrogen-bond acceptors (Lipinski definition) is 4. The van der Waals surface area contributed by atoms with Gasteiger partial charge in [-0.1, -0.05) is 29.8 Å². The van der Waals surface area contributed by atoms with Crippen LogP contribution in [0.5, 0.6) is 11.5 Å². The number of para-hydroxylation sites is 1. The Bertz CT molecular complexity index is 1050. The summed E-state index contributed by atoms with van der Waals surface area (Å²) in [5, 5.41) is 6.88. The highest BCUT2D eigenvalue weighted by Crippen LogP contribution is 2.36. The van der Waals surface area contributed by atoms with Crippen molar-refractivity contribution in [2.24, 2.45) is 0 Å². The highest BCUT2D eigenvalue weighted by Gasteiger charge is 2.23.